The Morgan fingerprint density at radius 1 is 1.00 bits per heavy atom. The van der Waals surface area contributed by atoms with Gasteiger partial charge in [-0.25, -0.2) is 0 Å². The lowest BCUT2D eigenvalue weighted by Gasteiger charge is -2.18. The van der Waals surface area contributed by atoms with Crippen molar-refractivity contribution < 1.29 is 14.3 Å². The van der Waals surface area contributed by atoms with Crippen LogP contribution in [0.1, 0.15) is 38.7 Å². The number of rotatable bonds is 8. The standard InChI is InChI=1S/C20H25NO3/c1-4-17(15-10-8-7-9-11-15)20(22)21-18-14-16(23-5-2)12-13-19(18)24-6-3/h7-14,17H,4-6H2,1-3H3,(H,21,22). The summed E-state index contributed by atoms with van der Waals surface area (Å²) in [4.78, 5) is 12.8. The average molecular weight is 327 g/mol. The van der Waals surface area contributed by atoms with Crippen LogP contribution in [0.4, 0.5) is 5.69 Å². The molecule has 2 aromatic rings. The third kappa shape index (κ3) is 4.51. The molecule has 0 heterocycles. The van der Waals surface area contributed by atoms with Crippen LogP contribution in [-0.2, 0) is 4.79 Å². The first-order chi connectivity index (χ1) is 11.7. The molecular weight excluding hydrogens is 302 g/mol. The van der Waals surface area contributed by atoms with E-state index in [0.29, 0.717) is 30.4 Å². The van der Waals surface area contributed by atoms with Gasteiger partial charge in [0.15, 0.2) is 0 Å². The molecule has 24 heavy (non-hydrogen) atoms. The lowest BCUT2D eigenvalue weighted by atomic mass is 9.95. The minimum Gasteiger partial charge on any atom is -0.494 e. The molecule has 0 radical (unpaired) electrons. The van der Waals surface area contributed by atoms with E-state index in [1.807, 2.05) is 69.3 Å². The zero-order valence-electron chi connectivity index (χ0n) is 14.5. The number of nitrogens with one attached hydrogen (secondary N) is 1. The summed E-state index contributed by atoms with van der Waals surface area (Å²) in [5.41, 5.74) is 1.65. The quantitative estimate of drug-likeness (QED) is 0.770. The van der Waals surface area contributed by atoms with Crippen LogP contribution in [0.3, 0.4) is 0 Å². The van der Waals surface area contributed by atoms with Crippen molar-refractivity contribution in [2.45, 2.75) is 33.1 Å². The molecule has 0 aliphatic heterocycles. The molecule has 2 aromatic carbocycles. The van der Waals surface area contributed by atoms with E-state index in [2.05, 4.69) is 5.32 Å². The second kappa shape index (κ2) is 8.96. The van der Waals surface area contributed by atoms with E-state index in [4.69, 9.17) is 9.47 Å². The fourth-order valence-corrected chi connectivity index (χ4v) is 2.62. The van der Waals surface area contributed by atoms with Crippen molar-refractivity contribution in [3.63, 3.8) is 0 Å². The van der Waals surface area contributed by atoms with Crippen LogP contribution in [-0.4, -0.2) is 19.1 Å². The predicted octanol–water partition coefficient (Wildman–Crippen LogP) is 4.62. The average Bonchev–Trinajstić information content (AvgIpc) is 2.59. The van der Waals surface area contributed by atoms with Crippen LogP contribution in [0.15, 0.2) is 48.5 Å². The first kappa shape index (κ1) is 17.9. The third-order valence-corrected chi connectivity index (χ3v) is 3.75. The number of carbonyl (C=O) groups is 1. The maximum absolute atomic E-state index is 12.8. The Labute approximate surface area is 143 Å². The summed E-state index contributed by atoms with van der Waals surface area (Å²) in [6.45, 7) is 6.96. The van der Waals surface area contributed by atoms with Gasteiger partial charge < -0.3 is 14.8 Å². The summed E-state index contributed by atoms with van der Waals surface area (Å²) in [6.07, 6.45) is 0.727. The van der Waals surface area contributed by atoms with Crippen molar-refractivity contribution in [1.82, 2.24) is 0 Å². The van der Waals surface area contributed by atoms with E-state index in [-0.39, 0.29) is 11.8 Å². The number of amides is 1. The lowest BCUT2D eigenvalue weighted by Crippen LogP contribution is -2.21. The first-order valence-electron chi connectivity index (χ1n) is 8.45. The smallest absolute Gasteiger partial charge is 0.232 e. The monoisotopic (exact) mass is 327 g/mol. The van der Waals surface area contributed by atoms with Gasteiger partial charge in [-0.1, -0.05) is 37.3 Å². The number of hydrogen-bond donors (Lipinski definition) is 1. The highest BCUT2D eigenvalue weighted by molar-refractivity contribution is 5.97. The van der Waals surface area contributed by atoms with Crippen LogP contribution < -0.4 is 14.8 Å². The van der Waals surface area contributed by atoms with Gasteiger partial charge in [0.05, 0.1) is 24.8 Å². The molecule has 0 saturated heterocycles. The van der Waals surface area contributed by atoms with E-state index in [1.54, 1.807) is 0 Å². The van der Waals surface area contributed by atoms with Gasteiger partial charge in [0.25, 0.3) is 0 Å². The zero-order chi connectivity index (χ0) is 17.4. The topological polar surface area (TPSA) is 47.6 Å². The maximum Gasteiger partial charge on any atom is 0.232 e. The summed E-state index contributed by atoms with van der Waals surface area (Å²) in [7, 11) is 0. The molecule has 4 nitrogen and oxygen atoms in total. The van der Waals surface area contributed by atoms with E-state index in [0.717, 1.165) is 12.0 Å². The molecule has 1 unspecified atom stereocenters. The highest BCUT2D eigenvalue weighted by atomic mass is 16.5. The molecular formula is C20H25NO3. The highest BCUT2D eigenvalue weighted by Crippen LogP contribution is 2.31. The highest BCUT2D eigenvalue weighted by Gasteiger charge is 2.20. The molecule has 0 aliphatic rings. The lowest BCUT2D eigenvalue weighted by molar-refractivity contribution is -0.117. The van der Waals surface area contributed by atoms with Gasteiger partial charge in [-0.2, -0.15) is 0 Å². The van der Waals surface area contributed by atoms with Crippen molar-refractivity contribution in [2.24, 2.45) is 0 Å². The molecule has 0 bridgehead atoms. The van der Waals surface area contributed by atoms with Gasteiger partial charge in [-0.15, -0.1) is 0 Å². The van der Waals surface area contributed by atoms with Gasteiger partial charge in [-0.05, 0) is 38.0 Å². The minimum absolute atomic E-state index is 0.0432. The zero-order valence-corrected chi connectivity index (χ0v) is 14.5. The molecule has 0 saturated carbocycles. The fraction of sp³-hybridized carbons (Fsp3) is 0.350. The first-order valence-corrected chi connectivity index (χ1v) is 8.45. The molecule has 2 rings (SSSR count). The van der Waals surface area contributed by atoms with Crippen LogP contribution >= 0.6 is 0 Å². The molecule has 0 aliphatic carbocycles. The Bertz CT molecular complexity index is 655. The van der Waals surface area contributed by atoms with Crippen molar-refractivity contribution in [2.75, 3.05) is 18.5 Å². The SMILES string of the molecule is CCOc1ccc(OCC)c(NC(=O)C(CC)c2ccccc2)c1. The van der Waals surface area contributed by atoms with Gasteiger partial charge >= 0.3 is 0 Å². The molecule has 1 amide bonds. The number of anilines is 1. The van der Waals surface area contributed by atoms with Crippen molar-refractivity contribution in [1.29, 1.82) is 0 Å². The molecule has 4 heteroatoms. The summed E-state index contributed by atoms with van der Waals surface area (Å²) < 4.78 is 11.1. The predicted molar refractivity (Wildman–Crippen MR) is 96.9 cm³/mol. The normalized spacial score (nSPS) is 11.6. The van der Waals surface area contributed by atoms with E-state index < -0.39 is 0 Å². The van der Waals surface area contributed by atoms with E-state index in [9.17, 15) is 4.79 Å². The number of ether oxygens (including phenoxy) is 2. The van der Waals surface area contributed by atoms with Crippen LogP contribution in [0.25, 0.3) is 0 Å². The van der Waals surface area contributed by atoms with Gasteiger partial charge in [0.2, 0.25) is 5.91 Å². The maximum atomic E-state index is 12.8. The van der Waals surface area contributed by atoms with Gasteiger partial charge in [0, 0.05) is 6.07 Å². The summed E-state index contributed by atoms with van der Waals surface area (Å²) >= 11 is 0. The largest absolute Gasteiger partial charge is 0.494 e. The van der Waals surface area contributed by atoms with E-state index in [1.165, 1.54) is 0 Å². The second-order valence-corrected chi connectivity index (χ2v) is 5.38. The Morgan fingerprint density at radius 3 is 2.33 bits per heavy atom. The Morgan fingerprint density at radius 2 is 1.71 bits per heavy atom. The van der Waals surface area contributed by atoms with Gasteiger partial charge in [-0.3, -0.25) is 4.79 Å². The number of benzene rings is 2. The molecule has 0 aromatic heterocycles. The van der Waals surface area contributed by atoms with Crippen LogP contribution in [0.5, 0.6) is 11.5 Å². The van der Waals surface area contributed by atoms with Crippen molar-refractivity contribution in [3.8, 4) is 11.5 Å². The summed E-state index contributed by atoms with van der Waals surface area (Å²) in [5.74, 6) is 1.12. The Kier molecular flexibility index (Phi) is 6.67. The summed E-state index contributed by atoms with van der Waals surface area (Å²) in [5, 5.41) is 3.00. The van der Waals surface area contributed by atoms with Crippen LogP contribution in [0, 0.1) is 0 Å². The molecule has 0 spiro atoms. The Balaban J connectivity index is 2.24. The van der Waals surface area contributed by atoms with Crippen LogP contribution in [0.2, 0.25) is 0 Å². The molecule has 1 N–H and O–H groups in total. The van der Waals surface area contributed by atoms with Crippen molar-refractivity contribution >= 4 is 11.6 Å². The molecule has 128 valence electrons. The Hall–Kier alpha value is -2.49. The second-order valence-electron chi connectivity index (χ2n) is 5.38. The fourth-order valence-electron chi connectivity index (χ4n) is 2.62. The summed E-state index contributed by atoms with van der Waals surface area (Å²) in [6, 6.07) is 15.3. The minimum atomic E-state index is -0.198. The molecule has 1 atom stereocenters. The molecule has 0 fully saturated rings. The van der Waals surface area contributed by atoms with E-state index >= 15 is 0 Å². The van der Waals surface area contributed by atoms with Crippen molar-refractivity contribution in [3.05, 3.63) is 54.1 Å². The van der Waals surface area contributed by atoms with Gasteiger partial charge in [0.1, 0.15) is 11.5 Å². The number of carbonyl (C=O) groups excluding carboxylic acids is 1. The number of hydrogen-bond acceptors (Lipinski definition) is 3. The third-order valence-electron chi connectivity index (χ3n) is 3.75.